The third kappa shape index (κ3) is 7.56. The second-order valence-corrected chi connectivity index (χ2v) is 12.6. The SMILES string of the molecule is Cc1ccc(C(=O)N2CC(N(Cc3ccccc3C)CC3CCCO3)CC2C(=O)NCC2CCCC(CN)C2)cc1. The zero-order valence-electron chi connectivity index (χ0n) is 24.9. The average molecular weight is 561 g/mol. The number of benzene rings is 2. The highest BCUT2D eigenvalue weighted by Crippen LogP contribution is 2.30. The van der Waals surface area contributed by atoms with Crippen LogP contribution >= 0.6 is 0 Å². The van der Waals surface area contributed by atoms with Gasteiger partial charge in [0.05, 0.1) is 6.10 Å². The van der Waals surface area contributed by atoms with E-state index >= 15 is 0 Å². The van der Waals surface area contributed by atoms with Gasteiger partial charge in [0.15, 0.2) is 0 Å². The molecule has 3 fully saturated rings. The summed E-state index contributed by atoms with van der Waals surface area (Å²) in [5.74, 6) is 0.906. The second-order valence-electron chi connectivity index (χ2n) is 12.6. The Kier molecular flexibility index (Phi) is 10.1. The van der Waals surface area contributed by atoms with E-state index in [4.69, 9.17) is 10.5 Å². The molecule has 41 heavy (non-hydrogen) atoms. The van der Waals surface area contributed by atoms with Crippen LogP contribution < -0.4 is 11.1 Å². The van der Waals surface area contributed by atoms with Crippen LogP contribution in [0.3, 0.4) is 0 Å². The van der Waals surface area contributed by atoms with Crippen molar-refractivity contribution in [2.75, 3.05) is 32.8 Å². The maximum atomic E-state index is 13.9. The Bertz CT molecular complexity index is 1160. The maximum Gasteiger partial charge on any atom is 0.254 e. The molecule has 7 nitrogen and oxygen atoms in total. The van der Waals surface area contributed by atoms with Gasteiger partial charge in [0, 0.05) is 44.4 Å². The number of amides is 2. The zero-order valence-corrected chi connectivity index (χ0v) is 24.9. The Morgan fingerprint density at radius 1 is 1.00 bits per heavy atom. The topological polar surface area (TPSA) is 87.9 Å². The summed E-state index contributed by atoms with van der Waals surface area (Å²) in [6.07, 6.45) is 7.51. The van der Waals surface area contributed by atoms with Gasteiger partial charge in [-0.3, -0.25) is 14.5 Å². The molecular weight excluding hydrogens is 512 g/mol. The van der Waals surface area contributed by atoms with Gasteiger partial charge in [0.2, 0.25) is 5.91 Å². The molecule has 3 N–H and O–H groups in total. The number of ether oxygens (including phenoxy) is 1. The van der Waals surface area contributed by atoms with Crippen molar-refractivity contribution in [1.29, 1.82) is 0 Å². The summed E-state index contributed by atoms with van der Waals surface area (Å²) in [4.78, 5) is 32.0. The van der Waals surface area contributed by atoms with Crippen LogP contribution in [0, 0.1) is 25.7 Å². The lowest BCUT2D eigenvalue weighted by Gasteiger charge is -2.31. The predicted octanol–water partition coefficient (Wildman–Crippen LogP) is 4.45. The number of nitrogens with zero attached hydrogens (tertiary/aromatic N) is 2. The average Bonchev–Trinajstić information content (AvgIpc) is 3.67. The molecule has 1 aliphatic carbocycles. The van der Waals surface area contributed by atoms with E-state index in [9.17, 15) is 9.59 Å². The lowest BCUT2D eigenvalue weighted by Crippen LogP contribution is -2.47. The largest absolute Gasteiger partial charge is 0.377 e. The molecule has 3 aliphatic rings. The van der Waals surface area contributed by atoms with E-state index in [-0.39, 0.29) is 24.0 Å². The fourth-order valence-corrected chi connectivity index (χ4v) is 6.98. The number of carbonyl (C=O) groups excluding carboxylic acids is 2. The Morgan fingerprint density at radius 3 is 2.51 bits per heavy atom. The van der Waals surface area contributed by atoms with E-state index < -0.39 is 6.04 Å². The molecule has 2 aliphatic heterocycles. The lowest BCUT2D eigenvalue weighted by molar-refractivity contribution is -0.125. The quantitative estimate of drug-likeness (QED) is 0.448. The molecule has 5 rings (SSSR count). The smallest absolute Gasteiger partial charge is 0.254 e. The predicted molar refractivity (Wildman–Crippen MR) is 162 cm³/mol. The fourth-order valence-electron chi connectivity index (χ4n) is 6.98. The first-order valence-corrected chi connectivity index (χ1v) is 15.7. The number of nitrogens with two attached hydrogens (primary N) is 1. The van der Waals surface area contributed by atoms with Crippen molar-refractivity contribution >= 4 is 11.8 Å². The molecule has 0 radical (unpaired) electrons. The Hall–Kier alpha value is -2.74. The fraction of sp³-hybridized carbons (Fsp3) is 0.588. The number of carbonyl (C=O) groups is 2. The standard InChI is InChI=1S/C34H48N4O3/c1-24-12-14-28(15-13-24)34(40)38-22-30(18-32(38)33(39)36-20-27-9-5-8-26(17-27)19-35)37(23-31-11-6-16-41-31)21-29-10-4-3-7-25(29)2/h3-4,7,10,12-15,26-27,30-32H,5-6,8-9,11,16-23,35H2,1-2H3,(H,36,39). The zero-order chi connectivity index (χ0) is 28.8. The molecule has 0 spiro atoms. The first kappa shape index (κ1) is 29.7. The van der Waals surface area contributed by atoms with E-state index in [1.54, 1.807) is 0 Å². The molecule has 5 unspecified atom stereocenters. The molecule has 5 atom stereocenters. The van der Waals surface area contributed by atoms with Crippen LogP contribution in [-0.2, 0) is 16.1 Å². The lowest BCUT2D eigenvalue weighted by atomic mass is 9.81. The molecule has 2 aromatic carbocycles. The maximum absolute atomic E-state index is 13.9. The molecule has 0 aromatic heterocycles. The molecule has 2 amide bonds. The van der Waals surface area contributed by atoms with E-state index in [1.807, 2.05) is 36.1 Å². The van der Waals surface area contributed by atoms with Crippen molar-refractivity contribution in [2.24, 2.45) is 17.6 Å². The summed E-state index contributed by atoms with van der Waals surface area (Å²) in [5.41, 5.74) is 10.2. The van der Waals surface area contributed by atoms with Gasteiger partial charge < -0.3 is 20.7 Å². The van der Waals surface area contributed by atoms with Crippen LogP contribution in [0.15, 0.2) is 48.5 Å². The molecule has 2 saturated heterocycles. The minimum absolute atomic E-state index is 0.0317. The highest BCUT2D eigenvalue weighted by molar-refractivity contribution is 5.98. The van der Waals surface area contributed by atoms with Crippen molar-refractivity contribution in [2.45, 2.75) is 83.5 Å². The summed E-state index contributed by atoms with van der Waals surface area (Å²) < 4.78 is 6.05. The van der Waals surface area contributed by atoms with Gasteiger partial charge >= 0.3 is 0 Å². The number of hydrogen-bond donors (Lipinski definition) is 2. The van der Waals surface area contributed by atoms with Crippen LogP contribution in [-0.4, -0.2) is 72.6 Å². The van der Waals surface area contributed by atoms with Gasteiger partial charge in [0.25, 0.3) is 5.91 Å². The van der Waals surface area contributed by atoms with E-state index in [2.05, 4.69) is 41.4 Å². The molecule has 2 heterocycles. The number of rotatable bonds is 10. The van der Waals surface area contributed by atoms with Gasteiger partial charge in [-0.05, 0) is 94.0 Å². The van der Waals surface area contributed by atoms with Crippen molar-refractivity contribution in [3.8, 4) is 0 Å². The van der Waals surface area contributed by atoms with E-state index in [1.165, 1.54) is 24.0 Å². The third-order valence-corrected chi connectivity index (χ3v) is 9.54. The van der Waals surface area contributed by atoms with Crippen molar-refractivity contribution < 1.29 is 14.3 Å². The van der Waals surface area contributed by atoms with Gasteiger partial charge in [0.1, 0.15) is 6.04 Å². The number of nitrogens with one attached hydrogen (secondary N) is 1. The van der Waals surface area contributed by atoms with Gasteiger partial charge in [-0.1, -0.05) is 48.4 Å². The van der Waals surface area contributed by atoms with E-state index in [0.29, 0.717) is 36.9 Å². The summed E-state index contributed by atoms with van der Waals surface area (Å²) in [7, 11) is 0. The molecular formula is C34H48N4O3. The van der Waals surface area contributed by atoms with Crippen LogP contribution in [0.25, 0.3) is 0 Å². The van der Waals surface area contributed by atoms with Crippen LogP contribution in [0.1, 0.15) is 72.0 Å². The number of aryl methyl sites for hydroxylation is 2. The summed E-state index contributed by atoms with van der Waals surface area (Å²) in [5, 5.41) is 3.26. The van der Waals surface area contributed by atoms with Gasteiger partial charge in [-0.15, -0.1) is 0 Å². The van der Waals surface area contributed by atoms with Gasteiger partial charge in [-0.25, -0.2) is 0 Å². The molecule has 7 heteroatoms. The first-order chi connectivity index (χ1) is 19.9. The molecule has 0 bridgehead atoms. The molecule has 222 valence electrons. The van der Waals surface area contributed by atoms with Crippen molar-refractivity contribution in [3.05, 3.63) is 70.8 Å². The van der Waals surface area contributed by atoms with Gasteiger partial charge in [-0.2, -0.15) is 0 Å². The first-order valence-electron chi connectivity index (χ1n) is 15.7. The van der Waals surface area contributed by atoms with Crippen LogP contribution in [0.4, 0.5) is 0 Å². The molecule has 2 aromatic rings. The van der Waals surface area contributed by atoms with Crippen LogP contribution in [0.5, 0.6) is 0 Å². The van der Waals surface area contributed by atoms with E-state index in [0.717, 1.165) is 57.5 Å². The van der Waals surface area contributed by atoms with Crippen molar-refractivity contribution in [3.63, 3.8) is 0 Å². The summed E-state index contributed by atoms with van der Waals surface area (Å²) >= 11 is 0. The van der Waals surface area contributed by atoms with Crippen molar-refractivity contribution in [1.82, 2.24) is 15.1 Å². The normalized spacial score (nSPS) is 26.4. The monoisotopic (exact) mass is 560 g/mol. The van der Waals surface area contributed by atoms with Crippen LogP contribution in [0.2, 0.25) is 0 Å². The second kappa shape index (κ2) is 14.0. The molecule has 1 saturated carbocycles. The Balaban J connectivity index is 1.35. The minimum Gasteiger partial charge on any atom is -0.377 e. The Labute approximate surface area is 245 Å². The summed E-state index contributed by atoms with van der Waals surface area (Å²) in [6.45, 7) is 8.47. The summed E-state index contributed by atoms with van der Waals surface area (Å²) in [6, 6.07) is 15.8. The Morgan fingerprint density at radius 2 is 1.78 bits per heavy atom. The minimum atomic E-state index is -0.494. The number of likely N-dealkylation sites (tertiary alicyclic amines) is 1. The number of hydrogen-bond acceptors (Lipinski definition) is 5. The third-order valence-electron chi connectivity index (χ3n) is 9.54. The highest BCUT2D eigenvalue weighted by Gasteiger charge is 2.43. The highest BCUT2D eigenvalue weighted by atomic mass is 16.5.